The zero-order chi connectivity index (χ0) is 11.2. The maximum Gasteiger partial charge on any atom is 0.390 e. The second-order valence-electron chi connectivity index (χ2n) is 3.30. The predicted molar refractivity (Wildman–Crippen MR) is 48.1 cm³/mol. The maximum absolute atomic E-state index is 11.8. The minimum atomic E-state index is -4.11. The summed E-state index contributed by atoms with van der Waals surface area (Å²) in [5.74, 6) is 0. The molecule has 0 spiro atoms. The molecule has 0 bridgehead atoms. The fraction of sp³-hybridized carbons (Fsp3) is 1.00. The van der Waals surface area contributed by atoms with E-state index >= 15 is 0 Å². The molecule has 0 aromatic rings. The van der Waals surface area contributed by atoms with E-state index in [2.05, 4.69) is 5.32 Å². The molecule has 86 valence electrons. The third-order valence-corrected chi connectivity index (χ3v) is 1.94. The lowest BCUT2D eigenvalue weighted by Gasteiger charge is -2.22. The van der Waals surface area contributed by atoms with Gasteiger partial charge in [-0.3, -0.25) is 0 Å². The van der Waals surface area contributed by atoms with E-state index in [0.717, 1.165) is 0 Å². The summed E-state index contributed by atoms with van der Waals surface area (Å²) in [6.45, 7) is 0.289. The summed E-state index contributed by atoms with van der Waals surface area (Å²) in [6.07, 6.45) is -4.92. The molecule has 0 saturated carbocycles. The Morgan fingerprint density at radius 1 is 1.43 bits per heavy atom. The number of aliphatic hydroxyl groups excluding tert-OH is 1. The second kappa shape index (κ2) is 6.21. The van der Waals surface area contributed by atoms with Gasteiger partial charge in [-0.05, 0) is 14.1 Å². The second-order valence-corrected chi connectivity index (χ2v) is 3.30. The largest absolute Gasteiger partial charge is 0.395 e. The molecule has 2 N–H and O–H groups in total. The van der Waals surface area contributed by atoms with Crippen LogP contribution in [-0.2, 0) is 0 Å². The van der Waals surface area contributed by atoms with Gasteiger partial charge < -0.3 is 15.3 Å². The molecule has 0 aliphatic heterocycles. The van der Waals surface area contributed by atoms with Crippen LogP contribution in [-0.4, -0.2) is 56.0 Å². The van der Waals surface area contributed by atoms with Crippen LogP contribution in [0.3, 0.4) is 0 Å². The average Bonchev–Trinajstić information content (AvgIpc) is 2.09. The van der Waals surface area contributed by atoms with Gasteiger partial charge in [0.25, 0.3) is 0 Å². The number of hydrogen-bond donors (Lipinski definition) is 2. The number of hydrogen-bond acceptors (Lipinski definition) is 3. The third kappa shape index (κ3) is 7.11. The summed E-state index contributed by atoms with van der Waals surface area (Å²) < 4.78 is 35.5. The van der Waals surface area contributed by atoms with Crippen molar-refractivity contribution in [2.24, 2.45) is 0 Å². The Morgan fingerprint density at radius 2 is 2.00 bits per heavy atom. The highest BCUT2D eigenvalue weighted by molar-refractivity contribution is 4.68. The molecular formula is C8H17F3N2O. The van der Waals surface area contributed by atoms with Crippen LogP contribution in [0.15, 0.2) is 0 Å². The molecule has 0 radical (unpaired) electrons. The fourth-order valence-electron chi connectivity index (χ4n) is 1.03. The van der Waals surface area contributed by atoms with E-state index in [9.17, 15) is 13.2 Å². The molecule has 0 rings (SSSR count). The van der Waals surface area contributed by atoms with Gasteiger partial charge in [-0.2, -0.15) is 13.2 Å². The lowest BCUT2D eigenvalue weighted by molar-refractivity contribution is -0.137. The van der Waals surface area contributed by atoms with Gasteiger partial charge in [-0.25, -0.2) is 0 Å². The van der Waals surface area contributed by atoms with Gasteiger partial charge in [0.1, 0.15) is 0 Å². The Bertz CT molecular complexity index is 148. The topological polar surface area (TPSA) is 35.5 Å². The van der Waals surface area contributed by atoms with Crippen LogP contribution >= 0.6 is 0 Å². The summed E-state index contributed by atoms with van der Waals surface area (Å²) in [5, 5.41) is 11.6. The van der Waals surface area contributed by atoms with Gasteiger partial charge >= 0.3 is 6.18 Å². The molecule has 0 fully saturated rings. The van der Waals surface area contributed by atoms with E-state index in [1.807, 2.05) is 0 Å². The van der Waals surface area contributed by atoms with Crippen LogP contribution in [0.4, 0.5) is 13.2 Å². The summed E-state index contributed by atoms with van der Waals surface area (Å²) in [6, 6.07) is -0.173. The average molecular weight is 214 g/mol. The summed E-state index contributed by atoms with van der Waals surface area (Å²) in [5.41, 5.74) is 0. The van der Waals surface area contributed by atoms with E-state index in [0.29, 0.717) is 6.54 Å². The monoisotopic (exact) mass is 214 g/mol. The maximum atomic E-state index is 11.8. The van der Waals surface area contributed by atoms with E-state index < -0.39 is 12.6 Å². The molecule has 0 aromatic heterocycles. The van der Waals surface area contributed by atoms with E-state index in [-0.39, 0.29) is 19.2 Å². The van der Waals surface area contributed by atoms with E-state index in [4.69, 9.17) is 5.11 Å². The first-order chi connectivity index (χ1) is 6.39. The molecule has 1 unspecified atom stereocenters. The van der Waals surface area contributed by atoms with Crippen molar-refractivity contribution in [1.29, 1.82) is 0 Å². The molecule has 0 amide bonds. The SMILES string of the molecule is CNC(CO)CN(C)CCC(F)(F)F. The standard InChI is InChI=1S/C8H17F3N2O/c1-12-7(6-14)5-13(2)4-3-8(9,10)11/h7,12,14H,3-6H2,1-2H3. The molecule has 0 heterocycles. The van der Waals surface area contributed by atoms with Crippen molar-refractivity contribution in [3.63, 3.8) is 0 Å². The van der Waals surface area contributed by atoms with Gasteiger partial charge in [-0.15, -0.1) is 0 Å². The molecule has 3 nitrogen and oxygen atoms in total. The Kier molecular flexibility index (Phi) is 6.06. The fourth-order valence-corrected chi connectivity index (χ4v) is 1.03. The highest BCUT2D eigenvalue weighted by Crippen LogP contribution is 2.19. The van der Waals surface area contributed by atoms with Gasteiger partial charge in [0, 0.05) is 19.1 Å². The molecule has 1 atom stereocenters. The minimum Gasteiger partial charge on any atom is -0.395 e. The van der Waals surface area contributed by atoms with Crippen LogP contribution < -0.4 is 5.32 Å². The van der Waals surface area contributed by atoms with Crippen LogP contribution in [0.25, 0.3) is 0 Å². The van der Waals surface area contributed by atoms with Crippen molar-refractivity contribution in [3.8, 4) is 0 Å². The number of nitrogens with one attached hydrogen (secondary N) is 1. The minimum absolute atomic E-state index is 0.0400. The number of rotatable bonds is 6. The Balaban J connectivity index is 3.69. The van der Waals surface area contributed by atoms with Crippen molar-refractivity contribution in [2.45, 2.75) is 18.6 Å². The zero-order valence-electron chi connectivity index (χ0n) is 8.43. The number of aliphatic hydroxyl groups is 1. The van der Waals surface area contributed by atoms with Gasteiger partial charge in [-0.1, -0.05) is 0 Å². The highest BCUT2D eigenvalue weighted by atomic mass is 19.4. The Hall–Kier alpha value is -0.330. The molecule has 0 aromatic carbocycles. The predicted octanol–water partition coefficient (Wildman–Crippen LogP) is 0.451. The summed E-state index contributed by atoms with van der Waals surface area (Å²) >= 11 is 0. The lowest BCUT2D eigenvalue weighted by Crippen LogP contribution is -2.41. The number of nitrogens with zero attached hydrogens (tertiary/aromatic N) is 1. The molecular weight excluding hydrogens is 197 g/mol. The first kappa shape index (κ1) is 13.7. The van der Waals surface area contributed by atoms with E-state index in [1.165, 1.54) is 0 Å². The first-order valence-corrected chi connectivity index (χ1v) is 4.42. The number of halogens is 3. The van der Waals surface area contributed by atoms with Crippen LogP contribution in [0.5, 0.6) is 0 Å². The molecule has 6 heteroatoms. The molecule has 0 saturated heterocycles. The zero-order valence-corrected chi connectivity index (χ0v) is 8.43. The van der Waals surface area contributed by atoms with Crippen molar-refractivity contribution in [2.75, 3.05) is 33.8 Å². The highest BCUT2D eigenvalue weighted by Gasteiger charge is 2.27. The molecule has 0 aliphatic rings. The molecule has 0 aliphatic carbocycles. The van der Waals surface area contributed by atoms with Gasteiger partial charge in [0.15, 0.2) is 0 Å². The van der Waals surface area contributed by atoms with Crippen LogP contribution in [0.1, 0.15) is 6.42 Å². The Labute approximate surface area is 81.9 Å². The Morgan fingerprint density at radius 3 is 2.36 bits per heavy atom. The van der Waals surface area contributed by atoms with Gasteiger partial charge in [0.05, 0.1) is 13.0 Å². The van der Waals surface area contributed by atoms with Crippen LogP contribution in [0.2, 0.25) is 0 Å². The number of likely N-dealkylation sites (N-methyl/N-ethyl adjacent to an activating group) is 2. The lowest BCUT2D eigenvalue weighted by atomic mass is 10.3. The summed E-state index contributed by atoms with van der Waals surface area (Å²) in [7, 11) is 3.27. The van der Waals surface area contributed by atoms with Crippen LogP contribution in [0, 0.1) is 0 Å². The third-order valence-electron chi connectivity index (χ3n) is 1.94. The molecule has 14 heavy (non-hydrogen) atoms. The van der Waals surface area contributed by atoms with Gasteiger partial charge in [0.2, 0.25) is 0 Å². The smallest absolute Gasteiger partial charge is 0.390 e. The number of alkyl halides is 3. The van der Waals surface area contributed by atoms with Crippen molar-refractivity contribution < 1.29 is 18.3 Å². The first-order valence-electron chi connectivity index (χ1n) is 4.42. The van der Waals surface area contributed by atoms with Crippen molar-refractivity contribution >= 4 is 0 Å². The quantitative estimate of drug-likeness (QED) is 0.674. The van der Waals surface area contributed by atoms with E-state index in [1.54, 1.807) is 19.0 Å². The summed E-state index contributed by atoms with van der Waals surface area (Å²) in [4.78, 5) is 1.55. The van der Waals surface area contributed by atoms with Crippen molar-refractivity contribution in [1.82, 2.24) is 10.2 Å². The van der Waals surface area contributed by atoms with Crippen molar-refractivity contribution in [3.05, 3.63) is 0 Å². The normalized spacial score (nSPS) is 14.8.